The summed E-state index contributed by atoms with van der Waals surface area (Å²) in [5, 5.41) is 21.4. The number of benzene rings is 3. The number of nitro benzene ring substituents is 1. The molecule has 4 rings (SSSR count). The van der Waals surface area contributed by atoms with Crippen LogP contribution in [0.25, 0.3) is 22.4 Å². The molecule has 0 aliphatic carbocycles. The van der Waals surface area contributed by atoms with E-state index in [-0.39, 0.29) is 11.4 Å². The Bertz CT molecular complexity index is 1350. The third-order valence-electron chi connectivity index (χ3n) is 4.83. The molecule has 0 aliphatic rings. The third kappa shape index (κ3) is 4.50. The normalized spacial score (nSPS) is 11.2. The van der Waals surface area contributed by atoms with Crippen molar-refractivity contribution in [2.75, 3.05) is 0 Å². The molecule has 0 spiro atoms. The van der Waals surface area contributed by atoms with Gasteiger partial charge in [0, 0.05) is 12.1 Å². The van der Waals surface area contributed by atoms with Crippen molar-refractivity contribution in [3.05, 3.63) is 92.0 Å². The van der Waals surface area contributed by atoms with Crippen LogP contribution in [0.5, 0.6) is 11.5 Å². The summed E-state index contributed by atoms with van der Waals surface area (Å²) in [6.07, 6.45) is 3.83. The van der Waals surface area contributed by atoms with E-state index in [1.54, 1.807) is 18.2 Å². The molecule has 1 aromatic heterocycles. The predicted molar refractivity (Wildman–Crippen MR) is 124 cm³/mol. The summed E-state index contributed by atoms with van der Waals surface area (Å²) in [5.74, 6) is -0.0234. The number of thiazole rings is 1. The lowest BCUT2D eigenvalue weighted by atomic mass is 10.1. The smallest absolute Gasteiger partial charge is 0.343 e. The molecule has 8 heteroatoms. The number of phenols is 1. The average molecular weight is 446 g/mol. The Hall–Kier alpha value is -4.04. The van der Waals surface area contributed by atoms with Crippen LogP contribution in [0.1, 0.15) is 32.1 Å². The Morgan fingerprint density at radius 1 is 1.06 bits per heavy atom. The van der Waals surface area contributed by atoms with Gasteiger partial charge >= 0.3 is 5.97 Å². The molecule has 32 heavy (non-hydrogen) atoms. The SMILES string of the molecule is Cc1cc(C=Cc2nc3ccc(C(=O)Oc4ccc([N+](=O)[O-])cc4)cc3s2)cc(C)c1O. The second kappa shape index (κ2) is 8.60. The second-order valence-electron chi connectivity index (χ2n) is 7.21. The number of carbonyl (C=O) groups excluding carboxylic acids is 1. The van der Waals surface area contributed by atoms with Gasteiger partial charge in [0.05, 0.1) is 20.7 Å². The number of aromatic hydroxyl groups is 1. The molecule has 0 radical (unpaired) electrons. The lowest BCUT2D eigenvalue weighted by Crippen LogP contribution is -2.08. The van der Waals surface area contributed by atoms with Gasteiger partial charge in [-0.25, -0.2) is 9.78 Å². The molecule has 1 heterocycles. The molecule has 4 aromatic rings. The molecular weight excluding hydrogens is 428 g/mol. The molecule has 160 valence electrons. The Morgan fingerprint density at radius 3 is 2.41 bits per heavy atom. The van der Waals surface area contributed by atoms with Crippen molar-refractivity contribution in [2.24, 2.45) is 0 Å². The molecule has 1 N–H and O–H groups in total. The number of non-ortho nitro benzene ring substituents is 1. The molecule has 0 atom stereocenters. The van der Waals surface area contributed by atoms with Crippen LogP contribution in [0.15, 0.2) is 54.6 Å². The summed E-state index contributed by atoms with van der Waals surface area (Å²) >= 11 is 1.44. The molecule has 7 nitrogen and oxygen atoms in total. The van der Waals surface area contributed by atoms with Gasteiger partial charge in [0.15, 0.2) is 0 Å². The fourth-order valence-corrected chi connectivity index (χ4v) is 4.11. The van der Waals surface area contributed by atoms with Gasteiger partial charge in [0.1, 0.15) is 16.5 Å². The van der Waals surface area contributed by atoms with Gasteiger partial charge in [0.25, 0.3) is 5.69 Å². The molecule has 0 aliphatic heterocycles. The van der Waals surface area contributed by atoms with E-state index in [1.165, 1.54) is 35.6 Å². The lowest BCUT2D eigenvalue weighted by molar-refractivity contribution is -0.384. The van der Waals surface area contributed by atoms with Crippen LogP contribution < -0.4 is 4.74 Å². The molecule has 0 amide bonds. The van der Waals surface area contributed by atoms with Gasteiger partial charge in [-0.1, -0.05) is 6.08 Å². The minimum atomic E-state index is -0.554. The molecule has 0 unspecified atom stereocenters. The number of aromatic nitrogens is 1. The molecule has 3 aromatic carbocycles. The minimum absolute atomic E-state index is 0.0749. The van der Waals surface area contributed by atoms with E-state index in [9.17, 15) is 20.0 Å². The van der Waals surface area contributed by atoms with E-state index >= 15 is 0 Å². The summed E-state index contributed by atoms with van der Waals surface area (Å²) in [5.41, 5.74) is 3.63. The summed E-state index contributed by atoms with van der Waals surface area (Å²) in [4.78, 5) is 27.3. The van der Waals surface area contributed by atoms with Gasteiger partial charge in [-0.15, -0.1) is 11.3 Å². The van der Waals surface area contributed by atoms with E-state index in [1.807, 2.05) is 38.1 Å². The number of phenolic OH excluding ortho intramolecular Hbond substituents is 1. The maximum atomic E-state index is 12.5. The zero-order valence-electron chi connectivity index (χ0n) is 17.2. The third-order valence-corrected chi connectivity index (χ3v) is 5.81. The number of nitrogens with zero attached hydrogens (tertiary/aromatic N) is 2. The Kier molecular flexibility index (Phi) is 5.70. The van der Waals surface area contributed by atoms with Crippen LogP contribution in [0.3, 0.4) is 0 Å². The molecule has 0 saturated carbocycles. The number of hydrogen-bond acceptors (Lipinski definition) is 7. The van der Waals surface area contributed by atoms with Crippen molar-refractivity contribution in [3.63, 3.8) is 0 Å². The molecule has 0 fully saturated rings. The topological polar surface area (TPSA) is 103 Å². The van der Waals surface area contributed by atoms with Crippen LogP contribution in [0.4, 0.5) is 5.69 Å². The Labute approximate surface area is 187 Å². The number of rotatable bonds is 5. The highest BCUT2D eigenvalue weighted by atomic mass is 32.1. The first-order valence-corrected chi connectivity index (χ1v) is 10.5. The number of hydrogen-bond donors (Lipinski definition) is 1. The highest BCUT2D eigenvalue weighted by Gasteiger charge is 2.13. The standard InChI is InChI=1S/C24H18N2O5S/c1-14-11-16(12-15(2)23(14)27)3-10-22-25-20-9-4-17(13-21(20)32-22)24(28)31-19-7-5-18(6-8-19)26(29)30/h3-13,27H,1-2H3. The van der Waals surface area contributed by atoms with Crippen LogP contribution in [-0.4, -0.2) is 21.0 Å². The van der Waals surface area contributed by atoms with Crippen LogP contribution >= 0.6 is 11.3 Å². The maximum absolute atomic E-state index is 12.5. The first-order valence-electron chi connectivity index (χ1n) is 9.65. The van der Waals surface area contributed by atoms with Crippen LogP contribution in [0.2, 0.25) is 0 Å². The van der Waals surface area contributed by atoms with E-state index in [0.717, 1.165) is 31.9 Å². The zero-order chi connectivity index (χ0) is 22.8. The first-order chi connectivity index (χ1) is 15.3. The summed E-state index contributed by atoms with van der Waals surface area (Å²) in [6.45, 7) is 3.71. The number of ether oxygens (including phenoxy) is 1. The van der Waals surface area contributed by atoms with E-state index < -0.39 is 10.9 Å². The van der Waals surface area contributed by atoms with Gasteiger partial charge in [-0.3, -0.25) is 10.1 Å². The lowest BCUT2D eigenvalue weighted by Gasteiger charge is -2.04. The van der Waals surface area contributed by atoms with Crippen molar-refractivity contribution < 1.29 is 19.6 Å². The van der Waals surface area contributed by atoms with Crippen molar-refractivity contribution >= 4 is 45.4 Å². The summed E-state index contributed by atoms with van der Waals surface area (Å²) in [7, 11) is 0. The Balaban J connectivity index is 1.52. The monoisotopic (exact) mass is 446 g/mol. The van der Waals surface area contributed by atoms with Crippen LogP contribution in [0, 0.1) is 24.0 Å². The van der Waals surface area contributed by atoms with Crippen molar-refractivity contribution in [1.82, 2.24) is 4.98 Å². The number of carbonyl (C=O) groups is 1. The van der Waals surface area contributed by atoms with Gasteiger partial charge in [-0.2, -0.15) is 0 Å². The molecule has 0 saturated heterocycles. The number of nitro groups is 1. The minimum Gasteiger partial charge on any atom is -0.507 e. The van der Waals surface area contributed by atoms with E-state index in [0.29, 0.717) is 11.3 Å². The fraction of sp³-hybridized carbons (Fsp3) is 0.0833. The van der Waals surface area contributed by atoms with Crippen molar-refractivity contribution in [1.29, 1.82) is 0 Å². The largest absolute Gasteiger partial charge is 0.507 e. The predicted octanol–water partition coefficient (Wildman–Crippen LogP) is 5.92. The molecular formula is C24H18N2O5S. The van der Waals surface area contributed by atoms with Crippen LogP contribution in [-0.2, 0) is 0 Å². The highest BCUT2D eigenvalue weighted by Crippen LogP contribution is 2.27. The Morgan fingerprint density at radius 2 is 1.75 bits per heavy atom. The van der Waals surface area contributed by atoms with E-state index in [2.05, 4.69) is 4.98 Å². The summed E-state index contributed by atoms with van der Waals surface area (Å²) < 4.78 is 6.15. The van der Waals surface area contributed by atoms with Gasteiger partial charge in [0.2, 0.25) is 0 Å². The zero-order valence-corrected chi connectivity index (χ0v) is 18.1. The summed E-state index contributed by atoms with van der Waals surface area (Å²) in [6, 6.07) is 14.2. The average Bonchev–Trinajstić information content (AvgIpc) is 3.18. The first kappa shape index (κ1) is 21.2. The highest BCUT2D eigenvalue weighted by molar-refractivity contribution is 7.19. The van der Waals surface area contributed by atoms with Gasteiger partial charge in [-0.05, 0) is 79.1 Å². The molecule has 0 bridgehead atoms. The number of aryl methyl sites for hydroxylation is 2. The van der Waals surface area contributed by atoms with Crippen molar-refractivity contribution in [3.8, 4) is 11.5 Å². The second-order valence-corrected chi connectivity index (χ2v) is 8.27. The maximum Gasteiger partial charge on any atom is 0.343 e. The fourth-order valence-electron chi connectivity index (χ4n) is 3.20. The van der Waals surface area contributed by atoms with E-state index in [4.69, 9.17) is 4.74 Å². The van der Waals surface area contributed by atoms with Gasteiger partial charge < -0.3 is 9.84 Å². The number of fused-ring (bicyclic) bond motifs is 1. The number of esters is 1. The van der Waals surface area contributed by atoms with Crippen molar-refractivity contribution in [2.45, 2.75) is 13.8 Å². The quantitative estimate of drug-likeness (QED) is 0.177.